The lowest BCUT2D eigenvalue weighted by atomic mass is 9.96. The Balaban J connectivity index is 1.61. The summed E-state index contributed by atoms with van der Waals surface area (Å²) in [5, 5.41) is 2.93. The molecular weight excluding hydrogens is 384 g/mol. The van der Waals surface area contributed by atoms with Gasteiger partial charge in [-0.05, 0) is 30.2 Å². The van der Waals surface area contributed by atoms with Crippen LogP contribution < -0.4 is 5.32 Å². The van der Waals surface area contributed by atoms with Crippen molar-refractivity contribution in [2.45, 2.75) is 26.3 Å². The van der Waals surface area contributed by atoms with Crippen molar-refractivity contribution in [1.29, 1.82) is 0 Å². The predicted octanol–water partition coefficient (Wildman–Crippen LogP) is 5.72. The Labute approximate surface area is 174 Å². The summed E-state index contributed by atoms with van der Waals surface area (Å²) in [6.07, 6.45) is 0.0671. The molecule has 0 aromatic heterocycles. The molecule has 3 nitrogen and oxygen atoms in total. The van der Waals surface area contributed by atoms with Crippen LogP contribution in [-0.2, 0) is 4.79 Å². The van der Waals surface area contributed by atoms with Gasteiger partial charge in [-0.2, -0.15) is 0 Å². The number of ketones is 1. The first-order valence-corrected chi connectivity index (χ1v) is 9.79. The van der Waals surface area contributed by atoms with E-state index in [1.165, 1.54) is 12.1 Å². The quantitative estimate of drug-likeness (QED) is 0.509. The third-order valence-corrected chi connectivity index (χ3v) is 5.05. The van der Waals surface area contributed by atoms with Crippen LogP contribution in [0.3, 0.4) is 0 Å². The van der Waals surface area contributed by atoms with E-state index >= 15 is 0 Å². The Morgan fingerprint density at radius 2 is 1.57 bits per heavy atom. The van der Waals surface area contributed by atoms with E-state index in [9.17, 15) is 18.4 Å². The summed E-state index contributed by atoms with van der Waals surface area (Å²) in [4.78, 5) is 25.0. The summed E-state index contributed by atoms with van der Waals surface area (Å²) in [5.41, 5.74) is 2.24. The molecule has 1 amide bonds. The third-order valence-electron chi connectivity index (χ3n) is 5.05. The molecule has 3 aromatic carbocycles. The Morgan fingerprint density at radius 3 is 2.20 bits per heavy atom. The monoisotopic (exact) mass is 407 g/mol. The first-order chi connectivity index (χ1) is 14.3. The van der Waals surface area contributed by atoms with Crippen LogP contribution in [0.5, 0.6) is 0 Å². The second kappa shape index (κ2) is 9.44. The van der Waals surface area contributed by atoms with Crippen LogP contribution in [0.4, 0.5) is 8.78 Å². The Hall–Kier alpha value is -3.34. The lowest BCUT2D eigenvalue weighted by Crippen LogP contribution is -2.32. The minimum absolute atomic E-state index is 0.0671. The number of amides is 1. The Kier molecular flexibility index (Phi) is 6.72. The number of hydrogen-bond donors (Lipinski definition) is 1. The minimum Gasteiger partial charge on any atom is -0.349 e. The van der Waals surface area contributed by atoms with Gasteiger partial charge in [0.25, 0.3) is 0 Å². The summed E-state index contributed by atoms with van der Waals surface area (Å²) in [6.45, 7) is 3.61. The number of hydrogen-bond acceptors (Lipinski definition) is 2. The van der Waals surface area contributed by atoms with Crippen LogP contribution in [0.1, 0.15) is 42.2 Å². The van der Waals surface area contributed by atoms with Gasteiger partial charge in [-0.15, -0.1) is 0 Å². The van der Waals surface area contributed by atoms with Gasteiger partial charge in [0, 0.05) is 29.5 Å². The van der Waals surface area contributed by atoms with Crippen LogP contribution in [0, 0.1) is 17.6 Å². The van der Waals surface area contributed by atoms with Gasteiger partial charge in [-0.3, -0.25) is 9.59 Å². The molecule has 0 spiro atoms. The Bertz CT molecular complexity index is 1030. The maximum absolute atomic E-state index is 13.9. The van der Waals surface area contributed by atoms with Gasteiger partial charge < -0.3 is 5.32 Å². The molecule has 0 bridgehead atoms. The molecular formula is C25H23F2NO2. The number of nitrogens with one attached hydrogen (secondary N) is 1. The number of carbonyl (C=O) groups excluding carboxylic acids is 2. The van der Waals surface area contributed by atoms with E-state index in [1.807, 2.05) is 37.3 Å². The molecule has 0 saturated carbocycles. The van der Waals surface area contributed by atoms with Crippen molar-refractivity contribution >= 4 is 11.7 Å². The zero-order chi connectivity index (χ0) is 21.7. The molecule has 1 N–H and O–H groups in total. The van der Waals surface area contributed by atoms with Crippen LogP contribution >= 0.6 is 0 Å². The van der Waals surface area contributed by atoms with Gasteiger partial charge in [-0.25, -0.2) is 8.78 Å². The van der Waals surface area contributed by atoms with E-state index in [0.29, 0.717) is 11.1 Å². The first kappa shape index (κ1) is 21.4. The van der Waals surface area contributed by atoms with E-state index in [0.717, 1.165) is 11.6 Å². The van der Waals surface area contributed by atoms with Crippen LogP contribution in [0.15, 0.2) is 72.8 Å². The van der Waals surface area contributed by atoms with Gasteiger partial charge in [0.15, 0.2) is 5.78 Å². The van der Waals surface area contributed by atoms with Crippen molar-refractivity contribution in [3.63, 3.8) is 0 Å². The molecule has 154 valence electrons. The topological polar surface area (TPSA) is 46.2 Å². The normalized spacial score (nSPS) is 12.8. The number of carbonyl (C=O) groups is 2. The average molecular weight is 407 g/mol. The van der Waals surface area contributed by atoms with Crippen LogP contribution in [0.25, 0.3) is 11.1 Å². The van der Waals surface area contributed by atoms with Crippen LogP contribution in [-0.4, -0.2) is 11.7 Å². The molecule has 3 aromatic rings. The first-order valence-electron chi connectivity index (χ1n) is 9.79. The molecule has 1 unspecified atom stereocenters. The second-order valence-electron chi connectivity index (χ2n) is 7.37. The van der Waals surface area contributed by atoms with Gasteiger partial charge in [0.1, 0.15) is 11.6 Å². The molecule has 0 radical (unpaired) electrons. The maximum atomic E-state index is 13.9. The van der Waals surface area contributed by atoms with Crippen molar-refractivity contribution in [3.8, 4) is 11.1 Å². The summed E-state index contributed by atoms with van der Waals surface area (Å²) < 4.78 is 27.0. The number of Topliss-reactive ketones (excluding diaryl/α,β-unsaturated/α-hetero) is 1. The van der Waals surface area contributed by atoms with Gasteiger partial charge in [0.05, 0.1) is 6.04 Å². The van der Waals surface area contributed by atoms with Crippen LogP contribution in [0.2, 0.25) is 0 Å². The lowest BCUT2D eigenvalue weighted by molar-refractivity contribution is -0.125. The van der Waals surface area contributed by atoms with Crippen molar-refractivity contribution in [3.05, 3.63) is 95.6 Å². The summed E-state index contributed by atoms with van der Waals surface area (Å²) in [6, 6.07) is 19.3. The van der Waals surface area contributed by atoms with Gasteiger partial charge in [-0.1, -0.05) is 61.5 Å². The summed E-state index contributed by atoms with van der Waals surface area (Å²) >= 11 is 0. The molecule has 0 aliphatic rings. The molecule has 0 fully saturated rings. The van der Waals surface area contributed by atoms with Crippen molar-refractivity contribution in [2.75, 3.05) is 0 Å². The number of halogens is 2. The second-order valence-corrected chi connectivity index (χ2v) is 7.37. The average Bonchev–Trinajstić information content (AvgIpc) is 2.74. The molecule has 0 saturated heterocycles. The molecule has 0 aliphatic heterocycles. The fourth-order valence-electron chi connectivity index (χ4n) is 3.23. The SMILES string of the molecule is CC(CC(=O)c1ccc(-c2ccc(F)cc2F)cc1)C(=O)N[C@H](C)c1ccccc1. The Morgan fingerprint density at radius 1 is 0.900 bits per heavy atom. The van der Waals surface area contributed by atoms with E-state index in [-0.39, 0.29) is 29.7 Å². The van der Waals surface area contributed by atoms with E-state index in [4.69, 9.17) is 0 Å². The highest BCUT2D eigenvalue weighted by Gasteiger charge is 2.20. The van der Waals surface area contributed by atoms with Gasteiger partial charge in [0.2, 0.25) is 5.91 Å². The zero-order valence-corrected chi connectivity index (χ0v) is 16.9. The molecule has 0 aliphatic carbocycles. The van der Waals surface area contributed by atoms with Crippen molar-refractivity contribution in [2.24, 2.45) is 5.92 Å². The highest BCUT2D eigenvalue weighted by Crippen LogP contribution is 2.24. The molecule has 30 heavy (non-hydrogen) atoms. The van der Waals surface area contributed by atoms with Gasteiger partial charge >= 0.3 is 0 Å². The molecule has 5 heteroatoms. The maximum Gasteiger partial charge on any atom is 0.223 e. The van der Waals surface area contributed by atoms with Crippen molar-refractivity contribution in [1.82, 2.24) is 5.32 Å². The van der Waals surface area contributed by atoms with Crippen molar-refractivity contribution < 1.29 is 18.4 Å². The summed E-state index contributed by atoms with van der Waals surface area (Å²) in [5.74, 6) is -2.15. The molecule has 3 rings (SSSR count). The zero-order valence-electron chi connectivity index (χ0n) is 16.9. The van der Waals surface area contributed by atoms with E-state index < -0.39 is 17.6 Å². The molecule has 2 atom stereocenters. The lowest BCUT2D eigenvalue weighted by Gasteiger charge is -2.17. The fourth-order valence-corrected chi connectivity index (χ4v) is 3.23. The number of benzene rings is 3. The van der Waals surface area contributed by atoms with E-state index in [2.05, 4.69) is 5.32 Å². The smallest absolute Gasteiger partial charge is 0.223 e. The third kappa shape index (κ3) is 5.17. The largest absolute Gasteiger partial charge is 0.349 e. The fraction of sp³-hybridized carbons (Fsp3) is 0.200. The van der Waals surface area contributed by atoms with E-state index in [1.54, 1.807) is 31.2 Å². The highest BCUT2D eigenvalue weighted by atomic mass is 19.1. The molecule has 0 heterocycles. The standard InChI is InChI=1S/C25H23F2NO2/c1-16(25(30)28-17(2)18-6-4-3-5-7-18)14-24(29)20-10-8-19(9-11-20)22-13-12-21(26)15-23(22)27/h3-13,15-17H,14H2,1-2H3,(H,28,30)/t16?,17-/m1/s1. The minimum atomic E-state index is -0.660. The number of rotatable bonds is 7. The summed E-state index contributed by atoms with van der Waals surface area (Å²) in [7, 11) is 0. The predicted molar refractivity (Wildman–Crippen MR) is 113 cm³/mol. The highest BCUT2D eigenvalue weighted by molar-refractivity contribution is 5.99.